The first-order valence-electron chi connectivity index (χ1n) is 5.53. The smallest absolute Gasteiger partial charge is 0.00463 e. The van der Waals surface area contributed by atoms with Crippen molar-refractivity contribution < 1.29 is 0 Å². The molecule has 1 rings (SSSR count). The van der Waals surface area contributed by atoms with E-state index in [4.69, 9.17) is 0 Å². The van der Waals surface area contributed by atoms with E-state index >= 15 is 0 Å². The number of hydrogen-bond acceptors (Lipinski definition) is 1. The lowest BCUT2D eigenvalue weighted by atomic mass is 9.87. The molecule has 1 N–H and O–H groups in total. The first-order valence-corrected chi connectivity index (χ1v) is 5.53. The summed E-state index contributed by atoms with van der Waals surface area (Å²) in [7, 11) is 0. The maximum atomic E-state index is 3.42. The SMILES string of the molecule is CCCC(C)CC1CCNCC1. The van der Waals surface area contributed by atoms with Gasteiger partial charge in [-0.25, -0.2) is 0 Å². The average Bonchev–Trinajstić information content (AvgIpc) is 2.06. The molecule has 12 heavy (non-hydrogen) atoms. The van der Waals surface area contributed by atoms with Crippen LogP contribution in [0.1, 0.15) is 46.0 Å². The second-order valence-electron chi connectivity index (χ2n) is 4.32. The molecule has 0 bridgehead atoms. The van der Waals surface area contributed by atoms with Crippen molar-refractivity contribution in [3.05, 3.63) is 0 Å². The van der Waals surface area contributed by atoms with Crippen molar-refractivity contribution in [1.82, 2.24) is 5.32 Å². The summed E-state index contributed by atoms with van der Waals surface area (Å²) in [6.07, 6.45) is 7.06. The van der Waals surface area contributed by atoms with Crippen molar-refractivity contribution in [3.8, 4) is 0 Å². The Bertz CT molecular complexity index is 106. The van der Waals surface area contributed by atoms with Gasteiger partial charge in [-0.3, -0.25) is 0 Å². The minimum absolute atomic E-state index is 0.957. The molecule has 1 heterocycles. The Morgan fingerprint density at radius 2 is 2.00 bits per heavy atom. The Balaban J connectivity index is 2.11. The van der Waals surface area contributed by atoms with Crippen LogP contribution in [0.2, 0.25) is 0 Å². The molecule has 1 atom stereocenters. The third-order valence-corrected chi connectivity index (χ3v) is 2.98. The van der Waals surface area contributed by atoms with E-state index < -0.39 is 0 Å². The topological polar surface area (TPSA) is 12.0 Å². The van der Waals surface area contributed by atoms with Gasteiger partial charge in [-0.1, -0.05) is 26.7 Å². The second-order valence-corrected chi connectivity index (χ2v) is 4.32. The Morgan fingerprint density at radius 1 is 1.33 bits per heavy atom. The molecule has 0 aromatic heterocycles. The van der Waals surface area contributed by atoms with Crippen LogP contribution in [-0.4, -0.2) is 13.1 Å². The van der Waals surface area contributed by atoms with Crippen molar-refractivity contribution >= 4 is 0 Å². The minimum Gasteiger partial charge on any atom is -0.317 e. The van der Waals surface area contributed by atoms with Gasteiger partial charge < -0.3 is 5.32 Å². The van der Waals surface area contributed by atoms with Gasteiger partial charge in [-0.2, -0.15) is 0 Å². The second kappa shape index (κ2) is 5.58. The van der Waals surface area contributed by atoms with Gasteiger partial charge >= 0.3 is 0 Å². The van der Waals surface area contributed by atoms with Gasteiger partial charge in [0.25, 0.3) is 0 Å². The van der Waals surface area contributed by atoms with Crippen LogP contribution in [0.5, 0.6) is 0 Å². The van der Waals surface area contributed by atoms with E-state index in [1.807, 2.05) is 0 Å². The Hall–Kier alpha value is -0.0400. The molecule has 72 valence electrons. The maximum absolute atomic E-state index is 3.42. The lowest BCUT2D eigenvalue weighted by Gasteiger charge is -2.25. The van der Waals surface area contributed by atoms with Crippen LogP contribution in [0.15, 0.2) is 0 Å². The monoisotopic (exact) mass is 169 g/mol. The summed E-state index contributed by atoms with van der Waals surface area (Å²) in [5, 5.41) is 3.42. The zero-order valence-corrected chi connectivity index (χ0v) is 8.60. The first-order chi connectivity index (χ1) is 5.83. The van der Waals surface area contributed by atoms with E-state index in [0.29, 0.717) is 0 Å². The summed E-state index contributed by atoms with van der Waals surface area (Å²) in [5.74, 6) is 1.98. The predicted octanol–water partition coefficient (Wildman–Crippen LogP) is 2.81. The number of nitrogens with one attached hydrogen (secondary N) is 1. The average molecular weight is 169 g/mol. The molecule has 0 aromatic rings. The molecule has 0 aliphatic carbocycles. The lowest BCUT2D eigenvalue weighted by Crippen LogP contribution is -2.28. The first kappa shape index (κ1) is 10.0. The molecule has 0 spiro atoms. The van der Waals surface area contributed by atoms with Crippen molar-refractivity contribution in [2.24, 2.45) is 11.8 Å². The number of rotatable bonds is 4. The predicted molar refractivity (Wildman–Crippen MR) is 54.3 cm³/mol. The van der Waals surface area contributed by atoms with Gasteiger partial charge in [0.05, 0.1) is 0 Å². The highest BCUT2D eigenvalue weighted by molar-refractivity contribution is 4.70. The molecular formula is C11H23N. The summed E-state index contributed by atoms with van der Waals surface area (Å²) >= 11 is 0. The van der Waals surface area contributed by atoms with Gasteiger partial charge in [0.15, 0.2) is 0 Å². The molecular weight excluding hydrogens is 146 g/mol. The third-order valence-electron chi connectivity index (χ3n) is 2.98. The number of piperidine rings is 1. The summed E-state index contributed by atoms with van der Waals surface area (Å²) < 4.78 is 0. The van der Waals surface area contributed by atoms with E-state index in [1.54, 1.807) is 0 Å². The van der Waals surface area contributed by atoms with Crippen LogP contribution in [0.4, 0.5) is 0 Å². The van der Waals surface area contributed by atoms with Crippen LogP contribution < -0.4 is 5.32 Å². The highest BCUT2D eigenvalue weighted by atomic mass is 14.9. The van der Waals surface area contributed by atoms with Gasteiger partial charge in [0, 0.05) is 0 Å². The van der Waals surface area contributed by atoms with Gasteiger partial charge in [-0.15, -0.1) is 0 Å². The van der Waals surface area contributed by atoms with Crippen LogP contribution in [0, 0.1) is 11.8 Å². The summed E-state index contributed by atoms with van der Waals surface area (Å²) in [6, 6.07) is 0. The molecule has 1 aliphatic rings. The van der Waals surface area contributed by atoms with Crippen LogP contribution >= 0.6 is 0 Å². The Labute approximate surface area is 76.9 Å². The van der Waals surface area contributed by atoms with E-state index in [2.05, 4.69) is 19.2 Å². The molecule has 1 unspecified atom stereocenters. The maximum Gasteiger partial charge on any atom is -0.00463 e. The summed E-state index contributed by atoms with van der Waals surface area (Å²) in [5.41, 5.74) is 0. The zero-order valence-electron chi connectivity index (χ0n) is 8.60. The summed E-state index contributed by atoms with van der Waals surface area (Å²) in [4.78, 5) is 0. The summed E-state index contributed by atoms with van der Waals surface area (Å²) in [6.45, 7) is 7.21. The lowest BCUT2D eigenvalue weighted by molar-refractivity contribution is 0.299. The fourth-order valence-corrected chi connectivity index (χ4v) is 2.30. The fraction of sp³-hybridized carbons (Fsp3) is 1.00. The molecule has 1 aliphatic heterocycles. The van der Waals surface area contributed by atoms with Crippen LogP contribution in [0.25, 0.3) is 0 Å². The van der Waals surface area contributed by atoms with Gasteiger partial charge in [0.2, 0.25) is 0 Å². The van der Waals surface area contributed by atoms with Gasteiger partial charge in [0.1, 0.15) is 0 Å². The van der Waals surface area contributed by atoms with Crippen molar-refractivity contribution in [1.29, 1.82) is 0 Å². The highest BCUT2D eigenvalue weighted by Crippen LogP contribution is 2.23. The fourth-order valence-electron chi connectivity index (χ4n) is 2.30. The van der Waals surface area contributed by atoms with E-state index in [0.717, 1.165) is 11.8 Å². The Morgan fingerprint density at radius 3 is 2.58 bits per heavy atom. The molecule has 0 aromatic carbocycles. The third kappa shape index (κ3) is 3.57. The van der Waals surface area contributed by atoms with Crippen LogP contribution in [0.3, 0.4) is 0 Å². The van der Waals surface area contributed by atoms with Crippen LogP contribution in [-0.2, 0) is 0 Å². The highest BCUT2D eigenvalue weighted by Gasteiger charge is 2.15. The molecule has 1 fully saturated rings. The van der Waals surface area contributed by atoms with E-state index in [-0.39, 0.29) is 0 Å². The number of hydrogen-bond donors (Lipinski definition) is 1. The molecule has 1 heteroatoms. The largest absolute Gasteiger partial charge is 0.317 e. The molecule has 1 saturated heterocycles. The van der Waals surface area contributed by atoms with Crippen molar-refractivity contribution in [2.75, 3.05) is 13.1 Å². The normalized spacial score (nSPS) is 22.5. The van der Waals surface area contributed by atoms with E-state index in [9.17, 15) is 0 Å². The van der Waals surface area contributed by atoms with E-state index in [1.165, 1.54) is 45.2 Å². The molecule has 1 nitrogen and oxygen atoms in total. The molecule has 0 radical (unpaired) electrons. The molecule has 0 amide bonds. The zero-order chi connectivity index (χ0) is 8.81. The van der Waals surface area contributed by atoms with Crippen molar-refractivity contribution in [2.45, 2.75) is 46.0 Å². The minimum atomic E-state index is 0.957. The standard InChI is InChI=1S/C11H23N/c1-3-4-10(2)9-11-5-7-12-8-6-11/h10-12H,3-9H2,1-2H3. The van der Waals surface area contributed by atoms with Gasteiger partial charge in [-0.05, 0) is 44.2 Å². The molecule has 0 saturated carbocycles. The quantitative estimate of drug-likeness (QED) is 0.682. The Kier molecular flexibility index (Phi) is 4.67. The van der Waals surface area contributed by atoms with Crippen molar-refractivity contribution in [3.63, 3.8) is 0 Å².